The van der Waals surface area contributed by atoms with Crippen LogP contribution in [0.5, 0.6) is 0 Å². The maximum absolute atomic E-state index is 12.1. The van der Waals surface area contributed by atoms with Crippen LogP contribution in [0.4, 0.5) is 5.69 Å². The second-order valence-corrected chi connectivity index (χ2v) is 5.66. The minimum Gasteiger partial charge on any atom is -0.334 e. The molecule has 0 saturated heterocycles. The van der Waals surface area contributed by atoms with E-state index in [1.54, 1.807) is 0 Å². The molecule has 0 aliphatic rings. The van der Waals surface area contributed by atoms with Crippen LogP contribution < -0.4 is 11.1 Å². The summed E-state index contributed by atoms with van der Waals surface area (Å²) in [5.41, 5.74) is 8.30. The summed E-state index contributed by atoms with van der Waals surface area (Å²) in [6.07, 6.45) is 0.711. The largest absolute Gasteiger partial charge is 0.334 e. The van der Waals surface area contributed by atoms with Crippen LogP contribution in [0.1, 0.15) is 32.2 Å². The quantitative estimate of drug-likeness (QED) is 0.885. The molecule has 2 aromatic rings. The number of carbonyl (C=O) groups excluding carboxylic acids is 1. The van der Waals surface area contributed by atoms with Crippen LogP contribution in [0.15, 0.2) is 22.7 Å². The first kappa shape index (κ1) is 16.2. The van der Waals surface area contributed by atoms with E-state index in [1.807, 2.05) is 45.9 Å². The van der Waals surface area contributed by atoms with Gasteiger partial charge in [-0.25, -0.2) is 0 Å². The Morgan fingerprint density at radius 3 is 2.73 bits per heavy atom. The molecular formula is C16H22N4O2. The topological polar surface area (TPSA) is 94.0 Å². The molecule has 6 heteroatoms. The molecule has 0 saturated carbocycles. The summed E-state index contributed by atoms with van der Waals surface area (Å²) < 4.78 is 5.23. The van der Waals surface area contributed by atoms with Crippen molar-refractivity contribution in [2.45, 2.75) is 40.2 Å². The van der Waals surface area contributed by atoms with E-state index in [2.05, 4.69) is 15.5 Å². The number of rotatable bonds is 5. The van der Waals surface area contributed by atoms with Crippen molar-refractivity contribution in [1.82, 2.24) is 10.1 Å². The Morgan fingerprint density at radius 2 is 2.14 bits per heavy atom. The third-order valence-corrected chi connectivity index (χ3v) is 3.55. The average Bonchev–Trinajstić information content (AvgIpc) is 2.97. The highest BCUT2D eigenvalue weighted by molar-refractivity contribution is 5.96. The Labute approximate surface area is 130 Å². The Morgan fingerprint density at radius 1 is 1.41 bits per heavy atom. The van der Waals surface area contributed by atoms with E-state index in [-0.39, 0.29) is 11.8 Å². The molecule has 1 atom stereocenters. The lowest BCUT2D eigenvalue weighted by Crippen LogP contribution is -2.39. The number of benzene rings is 1. The van der Waals surface area contributed by atoms with E-state index >= 15 is 0 Å². The first-order valence-electron chi connectivity index (χ1n) is 7.42. The number of anilines is 1. The number of nitrogens with two attached hydrogens (primary N) is 1. The van der Waals surface area contributed by atoms with Crippen LogP contribution in [0.2, 0.25) is 0 Å². The van der Waals surface area contributed by atoms with Gasteiger partial charge in [-0.3, -0.25) is 4.79 Å². The molecule has 1 aromatic heterocycles. The second-order valence-electron chi connectivity index (χ2n) is 5.66. The molecule has 1 aromatic carbocycles. The first-order chi connectivity index (χ1) is 10.4. The highest BCUT2D eigenvalue weighted by atomic mass is 16.5. The van der Waals surface area contributed by atoms with Crippen molar-refractivity contribution < 1.29 is 9.32 Å². The van der Waals surface area contributed by atoms with Crippen molar-refractivity contribution in [3.05, 3.63) is 29.6 Å². The van der Waals surface area contributed by atoms with Gasteiger partial charge in [0.1, 0.15) is 0 Å². The summed E-state index contributed by atoms with van der Waals surface area (Å²) in [5, 5.41) is 6.75. The highest BCUT2D eigenvalue weighted by Gasteiger charge is 2.18. The molecule has 0 fully saturated rings. The van der Waals surface area contributed by atoms with Crippen molar-refractivity contribution in [2.24, 2.45) is 11.7 Å². The van der Waals surface area contributed by atoms with E-state index in [1.165, 1.54) is 0 Å². The fourth-order valence-electron chi connectivity index (χ4n) is 1.92. The Bertz CT molecular complexity index is 664. The molecule has 1 heterocycles. The van der Waals surface area contributed by atoms with Gasteiger partial charge in [0.15, 0.2) is 5.82 Å². The molecule has 0 spiro atoms. The molecule has 1 amide bonds. The molecule has 0 aliphatic heterocycles. The molecule has 6 nitrogen and oxygen atoms in total. The molecule has 0 radical (unpaired) electrons. The third-order valence-electron chi connectivity index (χ3n) is 3.55. The van der Waals surface area contributed by atoms with Gasteiger partial charge in [0.05, 0.1) is 6.04 Å². The third kappa shape index (κ3) is 3.51. The number of nitrogens with zero attached hydrogens (tertiary/aromatic N) is 2. The van der Waals surface area contributed by atoms with Crippen LogP contribution in [-0.2, 0) is 11.2 Å². The molecule has 0 aliphatic carbocycles. The standard InChI is InChI=1S/C16H22N4O2/c1-5-13-19-16(22-20-13)11-7-6-10(4)12(8-11)18-15(21)14(17)9(2)3/h6-9,14H,5,17H2,1-4H3,(H,18,21)/t14-/m0/s1. The van der Waals surface area contributed by atoms with E-state index in [0.29, 0.717) is 23.8 Å². The normalized spacial score (nSPS) is 12.5. The van der Waals surface area contributed by atoms with E-state index < -0.39 is 6.04 Å². The van der Waals surface area contributed by atoms with Crippen LogP contribution in [-0.4, -0.2) is 22.1 Å². The van der Waals surface area contributed by atoms with Gasteiger partial charge in [0.2, 0.25) is 5.91 Å². The number of aromatic nitrogens is 2. The van der Waals surface area contributed by atoms with Crippen molar-refractivity contribution in [3.63, 3.8) is 0 Å². The number of hydrogen-bond donors (Lipinski definition) is 2. The predicted octanol–water partition coefficient (Wildman–Crippen LogP) is 2.53. The fraction of sp³-hybridized carbons (Fsp3) is 0.438. The van der Waals surface area contributed by atoms with Gasteiger partial charge >= 0.3 is 0 Å². The molecule has 22 heavy (non-hydrogen) atoms. The Balaban J connectivity index is 2.25. The van der Waals surface area contributed by atoms with Gasteiger partial charge in [-0.05, 0) is 30.5 Å². The van der Waals surface area contributed by atoms with Crippen molar-refractivity contribution in [2.75, 3.05) is 5.32 Å². The number of amides is 1. The van der Waals surface area contributed by atoms with Crippen LogP contribution >= 0.6 is 0 Å². The van der Waals surface area contributed by atoms with Crippen LogP contribution in [0.25, 0.3) is 11.5 Å². The van der Waals surface area contributed by atoms with E-state index in [4.69, 9.17) is 10.3 Å². The zero-order valence-corrected chi connectivity index (χ0v) is 13.4. The van der Waals surface area contributed by atoms with Crippen LogP contribution in [0, 0.1) is 12.8 Å². The first-order valence-corrected chi connectivity index (χ1v) is 7.42. The van der Waals surface area contributed by atoms with Gasteiger partial charge in [-0.1, -0.05) is 32.0 Å². The number of hydrogen-bond acceptors (Lipinski definition) is 5. The van der Waals surface area contributed by atoms with Crippen LogP contribution in [0.3, 0.4) is 0 Å². The summed E-state index contributed by atoms with van der Waals surface area (Å²) in [6.45, 7) is 7.71. The van der Waals surface area contributed by atoms with Crippen molar-refractivity contribution in [3.8, 4) is 11.5 Å². The zero-order valence-electron chi connectivity index (χ0n) is 13.4. The smallest absolute Gasteiger partial charge is 0.257 e. The molecule has 118 valence electrons. The summed E-state index contributed by atoms with van der Waals surface area (Å²) in [4.78, 5) is 16.4. The zero-order chi connectivity index (χ0) is 16.3. The second kappa shape index (κ2) is 6.70. The minimum absolute atomic E-state index is 0.0755. The lowest BCUT2D eigenvalue weighted by atomic mass is 10.0. The van der Waals surface area contributed by atoms with Gasteiger partial charge in [-0.2, -0.15) is 4.98 Å². The number of carbonyl (C=O) groups is 1. The van der Waals surface area contributed by atoms with Gasteiger partial charge in [0, 0.05) is 17.7 Å². The highest BCUT2D eigenvalue weighted by Crippen LogP contribution is 2.24. The van der Waals surface area contributed by atoms with E-state index in [9.17, 15) is 4.79 Å². The lowest BCUT2D eigenvalue weighted by Gasteiger charge is -2.16. The molecule has 3 N–H and O–H groups in total. The number of aryl methyl sites for hydroxylation is 2. The lowest BCUT2D eigenvalue weighted by molar-refractivity contribution is -0.118. The van der Waals surface area contributed by atoms with Gasteiger partial charge in [-0.15, -0.1) is 0 Å². The maximum Gasteiger partial charge on any atom is 0.257 e. The SMILES string of the molecule is CCc1noc(-c2ccc(C)c(NC(=O)[C@@H](N)C(C)C)c2)n1. The maximum atomic E-state index is 12.1. The van der Waals surface area contributed by atoms with Gasteiger partial charge < -0.3 is 15.6 Å². The van der Waals surface area contributed by atoms with Crippen molar-refractivity contribution >= 4 is 11.6 Å². The number of nitrogens with one attached hydrogen (secondary N) is 1. The predicted molar refractivity (Wildman–Crippen MR) is 85.3 cm³/mol. The average molecular weight is 302 g/mol. The molecule has 0 bridgehead atoms. The molecule has 2 rings (SSSR count). The fourth-order valence-corrected chi connectivity index (χ4v) is 1.92. The molecule has 0 unspecified atom stereocenters. The monoisotopic (exact) mass is 302 g/mol. The molecular weight excluding hydrogens is 280 g/mol. The summed E-state index contributed by atoms with van der Waals surface area (Å²) >= 11 is 0. The Hall–Kier alpha value is -2.21. The Kier molecular flexibility index (Phi) is 4.92. The van der Waals surface area contributed by atoms with Crippen molar-refractivity contribution in [1.29, 1.82) is 0 Å². The summed E-state index contributed by atoms with van der Waals surface area (Å²) in [6, 6.07) is 5.08. The van der Waals surface area contributed by atoms with Gasteiger partial charge in [0.25, 0.3) is 5.89 Å². The summed E-state index contributed by atoms with van der Waals surface area (Å²) in [5.74, 6) is 0.977. The van der Waals surface area contributed by atoms with E-state index in [0.717, 1.165) is 11.1 Å². The minimum atomic E-state index is -0.543. The summed E-state index contributed by atoms with van der Waals surface area (Å²) in [7, 11) is 0.